The minimum absolute atomic E-state index is 0.125. The molecule has 11 heavy (non-hydrogen) atoms. The number of aliphatic hydroxyl groups excluding tert-OH is 2. The lowest BCUT2D eigenvalue weighted by atomic mass is 10.3. The fourth-order valence-corrected chi connectivity index (χ4v) is 0.667. The van der Waals surface area contributed by atoms with E-state index in [1.807, 2.05) is 0 Å². The summed E-state index contributed by atoms with van der Waals surface area (Å²) in [5, 5.41) is 18.6. The van der Waals surface area contributed by atoms with Gasteiger partial charge in [0.2, 0.25) is 0 Å². The first-order valence-corrected chi connectivity index (χ1v) is 4.02. The zero-order valence-electron chi connectivity index (χ0n) is 7.96. The van der Waals surface area contributed by atoms with Gasteiger partial charge in [-0.15, -0.1) is 0 Å². The second-order valence-electron chi connectivity index (χ2n) is 2.92. The molecule has 0 spiro atoms. The summed E-state index contributed by atoms with van der Waals surface area (Å²) in [5.74, 6) is 0. The Morgan fingerprint density at radius 2 is 1.18 bits per heavy atom. The van der Waals surface area contributed by atoms with Gasteiger partial charge in [-0.1, -0.05) is 27.7 Å². The first kappa shape index (κ1) is 13.5. The highest BCUT2D eigenvalue weighted by atomic mass is 16.3. The molecule has 0 unspecified atom stereocenters. The molecule has 0 aliphatic heterocycles. The van der Waals surface area contributed by atoms with E-state index >= 15 is 0 Å². The topological polar surface area (TPSA) is 52.5 Å². The van der Waals surface area contributed by atoms with E-state index in [0.29, 0.717) is 12.1 Å². The lowest BCUT2D eigenvalue weighted by Crippen LogP contribution is -2.29. The third-order valence-electron chi connectivity index (χ3n) is 0.767. The zero-order chi connectivity index (χ0) is 9.28. The van der Waals surface area contributed by atoms with E-state index in [-0.39, 0.29) is 13.2 Å². The molecule has 0 fully saturated rings. The summed E-state index contributed by atoms with van der Waals surface area (Å²) >= 11 is 0. The summed E-state index contributed by atoms with van der Waals surface area (Å²) in [5.41, 5.74) is 0. The van der Waals surface area contributed by atoms with Gasteiger partial charge in [-0.2, -0.15) is 0 Å². The van der Waals surface area contributed by atoms with Crippen LogP contribution in [0.5, 0.6) is 0 Å². The summed E-state index contributed by atoms with van der Waals surface area (Å²) in [4.78, 5) is 0. The molecule has 3 heteroatoms. The van der Waals surface area contributed by atoms with Crippen LogP contribution in [0.2, 0.25) is 0 Å². The Morgan fingerprint density at radius 3 is 1.18 bits per heavy atom. The average molecular weight is 163 g/mol. The highest BCUT2D eigenvalue weighted by molar-refractivity contribution is 4.55. The predicted octanol–water partition coefficient (Wildman–Crippen LogP) is 0.364. The molecule has 0 aromatic carbocycles. The maximum absolute atomic E-state index is 7.62. The molecule has 0 rings (SSSR count). The van der Waals surface area contributed by atoms with Crippen LogP contribution in [0.25, 0.3) is 0 Å². The first-order chi connectivity index (χ1) is 5.04. The van der Waals surface area contributed by atoms with E-state index in [4.69, 9.17) is 10.2 Å². The first-order valence-electron chi connectivity index (χ1n) is 4.02. The predicted molar refractivity (Wildman–Crippen MR) is 47.6 cm³/mol. The SMILES string of the molecule is CC(C)NC(C)C.OCCO. The molecule has 3 N–H and O–H groups in total. The van der Waals surface area contributed by atoms with Crippen LogP contribution < -0.4 is 5.32 Å². The third-order valence-corrected chi connectivity index (χ3v) is 0.767. The lowest BCUT2D eigenvalue weighted by Gasteiger charge is -2.10. The number of rotatable bonds is 3. The molecule has 0 amide bonds. The van der Waals surface area contributed by atoms with Crippen molar-refractivity contribution in [2.24, 2.45) is 0 Å². The minimum Gasteiger partial charge on any atom is -0.394 e. The van der Waals surface area contributed by atoms with Gasteiger partial charge in [0.1, 0.15) is 0 Å². The Labute approximate surface area is 69.4 Å². The molecular formula is C8H21NO2. The van der Waals surface area contributed by atoms with Crippen molar-refractivity contribution in [1.82, 2.24) is 5.32 Å². The summed E-state index contributed by atoms with van der Waals surface area (Å²) in [6, 6.07) is 1.25. The van der Waals surface area contributed by atoms with Crippen LogP contribution in [0.1, 0.15) is 27.7 Å². The Balaban J connectivity index is 0. The molecule has 0 atom stereocenters. The lowest BCUT2D eigenvalue weighted by molar-refractivity contribution is 0.186. The summed E-state index contributed by atoms with van der Waals surface area (Å²) in [7, 11) is 0. The van der Waals surface area contributed by atoms with Gasteiger partial charge in [-0.05, 0) is 0 Å². The molecule has 0 aromatic heterocycles. The molecule has 0 saturated carbocycles. The average Bonchev–Trinajstić information content (AvgIpc) is 1.85. The number of aliphatic hydroxyl groups is 2. The highest BCUT2D eigenvalue weighted by Crippen LogP contribution is 1.80. The van der Waals surface area contributed by atoms with Gasteiger partial charge in [0.05, 0.1) is 13.2 Å². The standard InChI is InChI=1S/C6H15N.C2H6O2/c1-5(2)7-6(3)4;3-1-2-4/h5-7H,1-4H3;3-4H,1-2H2. The second-order valence-corrected chi connectivity index (χ2v) is 2.92. The number of nitrogens with one attached hydrogen (secondary N) is 1. The van der Waals surface area contributed by atoms with Gasteiger partial charge in [0, 0.05) is 12.1 Å². The Morgan fingerprint density at radius 1 is 0.909 bits per heavy atom. The maximum atomic E-state index is 7.62. The van der Waals surface area contributed by atoms with Crippen LogP contribution in [-0.4, -0.2) is 35.5 Å². The highest BCUT2D eigenvalue weighted by Gasteiger charge is 1.92. The minimum atomic E-state index is -0.125. The van der Waals surface area contributed by atoms with Crippen molar-refractivity contribution in [3.8, 4) is 0 Å². The maximum Gasteiger partial charge on any atom is 0.0662 e. The molecule has 0 aromatic rings. The Hall–Kier alpha value is -0.120. The van der Waals surface area contributed by atoms with Crippen molar-refractivity contribution in [1.29, 1.82) is 0 Å². The normalized spacial score (nSPS) is 9.82. The molecule has 0 heterocycles. The molecule has 0 saturated heterocycles. The van der Waals surface area contributed by atoms with Gasteiger partial charge in [0.15, 0.2) is 0 Å². The monoisotopic (exact) mass is 163 g/mol. The fraction of sp³-hybridized carbons (Fsp3) is 1.00. The van der Waals surface area contributed by atoms with E-state index in [1.165, 1.54) is 0 Å². The van der Waals surface area contributed by atoms with E-state index < -0.39 is 0 Å². The van der Waals surface area contributed by atoms with Crippen LogP contribution in [0, 0.1) is 0 Å². The van der Waals surface area contributed by atoms with E-state index in [2.05, 4.69) is 33.0 Å². The van der Waals surface area contributed by atoms with Crippen molar-refractivity contribution in [3.05, 3.63) is 0 Å². The van der Waals surface area contributed by atoms with Crippen molar-refractivity contribution < 1.29 is 10.2 Å². The quantitative estimate of drug-likeness (QED) is 0.563. The van der Waals surface area contributed by atoms with Gasteiger partial charge in [0.25, 0.3) is 0 Å². The van der Waals surface area contributed by atoms with Gasteiger partial charge >= 0.3 is 0 Å². The summed E-state index contributed by atoms with van der Waals surface area (Å²) in [6.45, 7) is 8.36. The van der Waals surface area contributed by atoms with Crippen molar-refractivity contribution in [2.75, 3.05) is 13.2 Å². The molecule has 0 radical (unpaired) electrons. The molecule has 0 aliphatic rings. The molecule has 3 nitrogen and oxygen atoms in total. The van der Waals surface area contributed by atoms with Crippen LogP contribution in [-0.2, 0) is 0 Å². The zero-order valence-corrected chi connectivity index (χ0v) is 7.96. The van der Waals surface area contributed by atoms with Crippen LogP contribution in [0.4, 0.5) is 0 Å². The van der Waals surface area contributed by atoms with Crippen molar-refractivity contribution in [2.45, 2.75) is 39.8 Å². The Kier molecular flexibility index (Phi) is 12.1. The summed E-state index contributed by atoms with van der Waals surface area (Å²) in [6.07, 6.45) is 0. The van der Waals surface area contributed by atoms with Crippen LogP contribution in [0.15, 0.2) is 0 Å². The van der Waals surface area contributed by atoms with E-state index in [9.17, 15) is 0 Å². The van der Waals surface area contributed by atoms with Crippen molar-refractivity contribution >= 4 is 0 Å². The summed E-state index contributed by atoms with van der Waals surface area (Å²) < 4.78 is 0. The van der Waals surface area contributed by atoms with Crippen LogP contribution in [0.3, 0.4) is 0 Å². The number of hydrogen-bond donors (Lipinski definition) is 3. The Bertz CT molecular complexity index is 57.1. The van der Waals surface area contributed by atoms with Gasteiger partial charge in [-0.3, -0.25) is 0 Å². The number of hydrogen-bond acceptors (Lipinski definition) is 3. The molecule has 0 bridgehead atoms. The third kappa shape index (κ3) is 25.8. The smallest absolute Gasteiger partial charge is 0.0662 e. The van der Waals surface area contributed by atoms with Crippen molar-refractivity contribution in [3.63, 3.8) is 0 Å². The fourth-order valence-electron chi connectivity index (χ4n) is 0.667. The van der Waals surface area contributed by atoms with E-state index in [0.717, 1.165) is 0 Å². The largest absolute Gasteiger partial charge is 0.394 e. The molecular weight excluding hydrogens is 142 g/mol. The van der Waals surface area contributed by atoms with Gasteiger partial charge in [-0.25, -0.2) is 0 Å². The second kappa shape index (κ2) is 9.88. The molecule has 70 valence electrons. The van der Waals surface area contributed by atoms with Crippen LogP contribution >= 0.6 is 0 Å². The van der Waals surface area contributed by atoms with Gasteiger partial charge < -0.3 is 15.5 Å². The van der Waals surface area contributed by atoms with E-state index in [1.54, 1.807) is 0 Å². The molecule has 0 aliphatic carbocycles.